The normalized spacial score (nSPS) is 10.2. The van der Waals surface area contributed by atoms with Gasteiger partial charge in [0.05, 0.1) is 0 Å². The van der Waals surface area contributed by atoms with Crippen LogP contribution in [-0.4, -0.2) is 28.5 Å². The van der Waals surface area contributed by atoms with Crippen molar-refractivity contribution in [1.82, 2.24) is 9.97 Å². The maximum absolute atomic E-state index is 5.79. The van der Waals surface area contributed by atoms with Gasteiger partial charge < -0.3 is 5.32 Å². The maximum Gasteiger partial charge on any atom is 0.134 e. The lowest BCUT2D eigenvalue weighted by atomic mass is 10.4. The molecule has 1 N–H and O–H groups in total. The molecule has 0 fully saturated rings. The molecule has 0 saturated heterocycles. The molecule has 5 heteroatoms. The average molecular weight is 232 g/mol. The van der Waals surface area contributed by atoms with Crippen LogP contribution in [-0.2, 0) is 0 Å². The fourth-order valence-electron chi connectivity index (χ4n) is 1.05. The highest BCUT2D eigenvalue weighted by molar-refractivity contribution is 7.98. The lowest BCUT2D eigenvalue weighted by Crippen LogP contribution is -2.05. The van der Waals surface area contributed by atoms with Crippen molar-refractivity contribution in [3.63, 3.8) is 0 Å². The first-order valence-corrected chi connectivity index (χ1v) is 6.23. The van der Waals surface area contributed by atoms with Crippen molar-refractivity contribution in [3.8, 4) is 0 Å². The van der Waals surface area contributed by atoms with Crippen LogP contribution < -0.4 is 5.32 Å². The van der Waals surface area contributed by atoms with E-state index in [9.17, 15) is 0 Å². The van der Waals surface area contributed by atoms with Crippen molar-refractivity contribution in [3.05, 3.63) is 17.0 Å². The van der Waals surface area contributed by atoms with E-state index in [2.05, 4.69) is 21.5 Å². The Labute approximate surface area is 93.7 Å². The second kappa shape index (κ2) is 6.09. The predicted octanol–water partition coefficient (Wildman–Crippen LogP) is 2.60. The zero-order chi connectivity index (χ0) is 10.4. The molecule has 0 aliphatic heterocycles. The molecule has 0 aliphatic rings. The largest absolute Gasteiger partial charge is 0.370 e. The first-order chi connectivity index (χ1) is 6.72. The van der Waals surface area contributed by atoms with E-state index in [4.69, 9.17) is 11.6 Å². The van der Waals surface area contributed by atoms with Crippen molar-refractivity contribution >= 4 is 29.2 Å². The number of thioether (sulfide) groups is 1. The number of rotatable bonds is 5. The van der Waals surface area contributed by atoms with E-state index in [1.807, 2.05) is 18.7 Å². The van der Waals surface area contributed by atoms with Crippen LogP contribution in [0.3, 0.4) is 0 Å². The minimum atomic E-state index is 0.491. The van der Waals surface area contributed by atoms with Gasteiger partial charge in [-0.15, -0.1) is 0 Å². The van der Waals surface area contributed by atoms with Crippen LogP contribution in [0.25, 0.3) is 0 Å². The topological polar surface area (TPSA) is 37.8 Å². The smallest absolute Gasteiger partial charge is 0.134 e. The molecule has 3 nitrogen and oxygen atoms in total. The molecule has 0 radical (unpaired) electrons. The number of aryl methyl sites for hydroxylation is 1. The van der Waals surface area contributed by atoms with Gasteiger partial charge in [-0.25, -0.2) is 9.97 Å². The van der Waals surface area contributed by atoms with Gasteiger partial charge in [-0.3, -0.25) is 0 Å². The molecule has 1 aromatic heterocycles. The van der Waals surface area contributed by atoms with E-state index in [0.717, 1.165) is 24.5 Å². The molecule has 0 amide bonds. The Hall–Kier alpha value is -0.480. The third-order valence-electron chi connectivity index (χ3n) is 1.64. The molecule has 0 bridgehead atoms. The Morgan fingerprint density at radius 2 is 2.29 bits per heavy atom. The van der Waals surface area contributed by atoms with E-state index >= 15 is 0 Å². The minimum Gasteiger partial charge on any atom is -0.370 e. The first kappa shape index (κ1) is 11.6. The molecule has 0 spiro atoms. The van der Waals surface area contributed by atoms with Gasteiger partial charge in [0.25, 0.3) is 0 Å². The van der Waals surface area contributed by atoms with Crippen molar-refractivity contribution in [2.24, 2.45) is 0 Å². The quantitative estimate of drug-likeness (QED) is 0.625. The fourth-order valence-corrected chi connectivity index (χ4v) is 1.71. The van der Waals surface area contributed by atoms with Crippen LogP contribution in [0.1, 0.15) is 12.2 Å². The lowest BCUT2D eigenvalue weighted by Gasteiger charge is -2.05. The highest BCUT2D eigenvalue weighted by atomic mass is 35.5. The fraction of sp³-hybridized carbons (Fsp3) is 0.556. The van der Waals surface area contributed by atoms with Gasteiger partial charge in [0.15, 0.2) is 0 Å². The summed E-state index contributed by atoms with van der Waals surface area (Å²) in [6, 6.07) is 1.74. The number of hydrogen-bond acceptors (Lipinski definition) is 4. The van der Waals surface area contributed by atoms with E-state index in [1.54, 1.807) is 6.07 Å². The summed E-state index contributed by atoms with van der Waals surface area (Å²) in [7, 11) is 0. The Bertz CT molecular complexity index is 273. The molecule has 0 unspecified atom stereocenters. The van der Waals surface area contributed by atoms with Crippen LogP contribution >= 0.6 is 23.4 Å². The van der Waals surface area contributed by atoms with Gasteiger partial charge in [-0.2, -0.15) is 11.8 Å². The van der Waals surface area contributed by atoms with Gasteiger partial charge in [0, 0.05) is 12.6 Å². The van der Waals surface area contributed by atoms with Gasteiger partial charge in [-0.05, 0) is 25.4 Å². The summed E-state index contributed by atoms with van der Waals surface area (Å²) in [5.74, 6) is 2.67. The number of hydrogen-bond donors (Lipinski definition) is 1. The summed E-state index contributed by atoms with van der Waals surface area (Å²) < 4.78 is 0. The Morgan fingerprint density at radius 1 is 1.50 bits per heavy atom. The summed E-state index contributed by atoms with van der Waals surface area (Å²) in [6.45, 7) is 2.76. The molecule has 1 rings (SSSR count). The van der Waals surface area contributed by atoms with E-state index in [1.165, 1.54) is 0 Å². The standard InChI is InChI=1S/C9H14ClN3S/c1-7-12-8(10)6-9(13-7)11-4-3-5-14-2/h6H,3-5H2,1-2H3,(H,11,12,13). The Balaban J connectivity index is 2.42. The molecule has 0 aliphatic carbocycles. The molecule has 78 valence electrons. The van der Waals surface area contributed by atoms with Gasteiger partial charge >= 0.3 is 0 Å². The molecule has 1 aromatic rings. The first-order valence-electron chi connectivity index (χ1n) is 4.46. The average Bonchev–Trinajstić information content (AvgIpc) is 2.11. The second-order valence-electron chi connectivity index (χ2n) is 2.90. The molecule has 14 heavy (non-hydrogen) atoms. The van der Waals surface area contributed by atoms with Crippen LogP contribution in [0, 0.1) is 6.92 Å². The minimum absolute atomic E-state index is 0.491. The second-order valence-corrected chi connectivity index (χ2v) is 4.27. The number of aromatic nitrogens is 2. The summed E-state index contributed by atoms with van der Waals surface area (Å²) in [5.41, 5.74) is 0. The Kier molecular flexibility index (Phi) is 5.04. The molecule has 0 aromatic carbocycles. The van der Waals surface area contributed by atoms with Crippen LogP contribution in [0.5, 0.6) is 0 Å². The van der Waals surface area contributed by atoms with Crippen molar-refractivity contribution in [2.45, 2.75) is 13.3 Å². The summed E-state index contributed by atoms with van der Waals surface area (Å²) >= 11 is 7.64. The number of halogens is 1. The zero-order valence-corrected chi connectivity index (χ0v) is 9.95. The van der Waals surface area contributed by atoms with Gasteiger partial charge in [-0.1, -0.05) is 11.6 Å². The van der Waals surface area contributed by atoms with Crippen LogP contribution in [0.15, 0.2) is 6.07 Å². The molecule has 0 saturated carbocycles. The van der Waals surface area contributed by atoms with Gasteiger partial charge in [0.2, 0.25) is 0 Å². The van der Waals surface area contributed by atoms with Crippen molar-refractivity contribution in [1.29, 1.82) is 0 Å². The monoisotopic (exact) mass is 231 g/mol. The van der Waals surface area contributed by atoms with E-state index < -0.39 is 0 Å². The number of nitrogens with zero attached hydrogens (tertiary/aromatic N) is 2. The number of anilines is 1. The SMILES string of the molecule is CSCCCNc1cc(Cl)nc(C)n1. The molecule has 0 atom stereocenters. The maximum atomic E-state index is 5.79. The molecular weight excluding hydrogens is 218 g/mol. The molecular formula is C9H14ClN3S. The lowest BCUT2D eigenvalue weighted by molar-refractivity contribution is 0.964. The van der Waals surface area contributed by atoms with Gasteiger partial charge in [0.1, 0.15) is 16.8 Å². The third-order valence-corrected chi connectivity index (χ3v) is 2.53. The van der Waals surface area contributed by atoms with E-state index in [0.29, 0.717) is 11.0 Å². The third kappa shape index (κ3) is 4.15. The Morgan fingerprint density at radius 3 is 2.93 bits per heavy atom. The zero-order valence-electron chi connectivity index (χ0n) is 8.38. The number of nitrogens with one attached hydrogen (secondary N) is 1. The molecule has 1 heterocycles. The highest BCUT2D eigenvalue weighted by Crippen LogP contribution is 2.10. The summed E-state index contributed by atoms with van der Waals surface area (Å²) in [6.07, 6.45) is 3.23. The van der Waals surface area contributed by atoms with Crippen molar-refractivity contribution < 1.29 is 0 Å². The van der Waals surface area contributed by atoms with Crippen LogP contribution in [0.2, 0.25) is 5.15 Å². The summed E-state index contributed by atoms with van der Waals surface area (Å²) in [5, 5.41) is 3.70. The van der Waals surface area contributed by atoms with Crippen molar-refractivity contribution in [2.75, 3.05) is 23.9 Å². The highest BCUT2D eigenvalue weighted by Gasteiger charge is 1.98. The summed E-state index contributed by atoms with van der Waals surface area (Å²) in [4.78, 5) is 8.21. The predicted molar refractivity (Wildman–Crippen MR) is 63.3 cm³/mol. The van der Waals surface area contributed by atoms with E-state index in [-0.39, 0.29) is 0 Å². The van der Waals surface area contributed by atoms with Crippen LogP contribution in [0.4, 0.5) is 5.82 Å².